The van der Waals surface area contributed by atoms with E-state index in [1.165, 1.54) is 295 Å². The summed E-state index contributed by atoms with van der Waals surface area (Å²) in [5, 5.41) is 10.7. The molecule has 0 aliphatic heterocycles. The minimum Gasteiger partial charge on any atom is -0.462 e. The summed E-state index contributed by atoms with van der Waals surface area (Å²) in [5.41, 5.74) is 0. The highest BCUT2D eigenvalue weighted by atomic mass is 31.2. The molecule has 0 saturated heterocycles. The van der Waals surface area contributed by atoms with Crippen molar-refractivity contribution in [3.05, 3.63) is 0 Å². The third-order valence-electron chi connectivity index (χ3n) is 21.7. The second kappa shape index (κ2) is 80.3. The van der Waals surface area contributed by atoms with Crippen molar-refractivity contribution in [2.45, 2.75) is 496 Å². The standard InChI is InChI=1S/C89H174O17P2/c1-7-11-13-15-17-19-21-23-25-27-31-35-38-42-46-53-59-65-71-86(91)99-77-84(105-88(93)74-68-62-56-48-44-40-36-32-29-28-30-33-37-41-45-51-57-63-69-81(5)9-3)79-103-107(95,96)101-75-83(90)76-102-108(97,98)104-80-85(78-100-87(92)72-66-60-54-50-49-52-58-64-70-82(6)10-4)106-89(94)73-67-61-55-47-43-39-34-26-24-22-20-18-16-14-12-8-2/h81-85,90H,7-80H2,1-6H3,(H,95,96)(H,97,98)/t81?,82?,83-,84-,85-/m1/s1. The van der Waals surface area contributed by atoms with Crippen molar-refractivity contribution in [3.8, 4) is 0 Å². The number of unbranched alkanes of at least 4 members (excludes halogenated alkanes) is 56. The van der Waals surface area contributed by atoms with Crippen molar-refractivity contribution in [2.75, 3.05) is 39.6 Å². The highest BCUT2D eigenvalue weighted by molar-refractivity contribution is 7.47. The monoisotopic (exact) mass is 1580 g/mol. The number of carbonyl (C=O) groups is 4. The van der Waals surface area contributed by atoms with Crippen LogP contribution in [-0.4, -0.2) is 96.7 Å². The zero-order chi connectivity index (χ0) is 79.2. The van der Waals surface area contributed by atoms with E-state index in [9.17, 15) is 43.2 Å². The van der Waals surface area contributed by atoms with Crippen LogP contribution < -0.4 is 0 Å². The number of hydrogen-bond acceptors (Lipinski definition) is 15. The van der Waals surface area contributed by atoms with E-state index in [0.717, 1.165) is 102 Å². The molecule has 0 aliphatic carbocycles. The fraction of sp³-hybridized carbons (Fsp3) is 0.955. The van der Waals surface area contributed by atoms with Gasteiger partial charge >= 0.3 is 39.5 Å². The number of esters is 4. The molecule has 0 fully saturated rings. The van der Waals surface area contributed by atoms with Crippen LogP contribution >= 0.6 is 15.6 Å². The van der Waals surface area contributed by atoms with Crippen molar-refractivity contribution < 1.29 is 80.2 Å². The molecule has 108 heavy (non-hydrogen) atoms. The third-order valence-corrected chi connectivity index (χ3v) is 23.6. The normalized spacial score (nSPS) is 14.3. The van der Waals surface area contributed by atoms with E-state index in [0.29, 0.717) is 25.7 Å². The summed E-state index contributed by atoms with van der Waals surface area (Å²) in [6.07, 6.45) is 73.5. The largest absolute Gasteiger partial charge is 0.472 e. The number of aliphatic hydroxyl groups excluding tert-OH is 1. The molecular formula is C89H174O17P2. The predicted octanol–water partition coefficient (Wildman–Crippen LogP) is 27.4. The predicted molar refractivity (Wildman–Crippen MR) is 446 cm³/mol. The molecular weight excluding hydrogens is 1400 g/mol. The minimum absolute atomic E-state index is 0.108. The molecule has 0 amide bonds. The molecule has 0 aromatic rings. The summed E-state index contributed by atoms with van der Waals surface area (Å²) in [7, 11) is -9.93. The Bertz CT molecular complexity index is 2070. The Morgan fingerprint density at radius 1 is 0.259 bits per heavy atom. The zero-order valence-corrected chi connectivity index (χ0v) is 73.0. The van der Waals surface area contributed by atoms with E-state index < -0.39 is 97.5 Å². The van der Waals surface area contributed by atoms with Crippen LogP contribution in [0.25, 0.3) is 0 Å². The second-order valence-electron chi connectivity index (χ2n) is 32.5. The molecule has 0 saturated carbocycles. The van der Waals surface area contributed by atoms with Gasteiger partial charge in [-0.1, -0.05) is 427 Å². The molecule has 0 radical (unpaired) electrons. The van der Waals surface area contributed by atoms with Crippen LogP contribution in [0.1, 0.15) is 478 Å². The quantitative estimate of drug-likeness (QED) is 0.0222. The lowest BCUT2D eigenvalue weighted by atomic mass is 9.99. The Hall–Kier alpha value is -1.94. The van der Waals surface area contributed by atoms with Crippen LogP contribution in [0, 0.1) is 11.8 Å². The van der Waals surface area contributed by atoms with E-state index >= 15 is 0 Å². The van der Waals surface area contributed by atoms with Gasteiger partial charge in [0, 0.05) is 25.7 Å². The molecule has 0 spiro atoms. The van der Waals surface area contributed by atoms with Gasteiger partial charge in [0.15, 0.2) is 12.2 Å². The lowest BCUT2D eigenvalue weighted by Gasteiger charge is -2.21. The molecule has 642 valence electrons. The highest BCUT2D eigenvalue weighted by Gasteiger charge is 2.31. The first-order chi connectivity index (χ1) is 52.4. The summed E-state index contributed by atoms with van der Waals surface area (Å²) in [6.45, 7) is 9.77. The molecule has 0 bridgehead atoms. The van der Waals surface area contributed by atoms with Crippen LogP contribution in [0.3, 0.4) is 0 Å². The number of carbonyl (C=O) groups excluding carboxylic acids is 4. The third kappa shape index (κ3) is 79.3. The van der Waals surface area contributed by atoms with Crippen LogP contribution in [0.5, 0.6) is 0 Å². The molecule has 17 nitrogen and oxygen atoms in total. The lowest BCUT2D eigenvalue weighted by Crippen LogP contribution is -2.30. The van der Waals surface area contributed by atoms with Gasteiger partial charge < -0.3 is 33.8 Å². The maximum atomic E-state index is 13.2. The average Bonchev–Trinajstić information content (AvgIpc) is 0.898. The summed E-state index contributed by atoms with van der Waals surface area (Å²) in [4.78, 5) is 73.4. The van der Waals surface area contributed by atoms with E-state index in [1.54, 1.807) is 0 Å². The first kappa shape index (κ1) is 106. The Balaban J connectivity index is 5.25. The number of phosphoric acid groups is 2. The summed E-state index contributed by atoms with van der Waals surface area (Å²) >= 11 is 0. The van der Waals surface area contributed by atoms with Crippen LogP contribution in [0.4, 0.5) is 0 Å². The van der Waals surface area contributed by atoms with Crippen LogP contribution in [0.2, 0.25) is 0 Å². The Morgan fingerprint density at radius 3 is 0.657 bits per heavy atom. The van der Waals surface area contributed by atoms with Crippen molar-refractivity contribution >= 4 is 39.5 Å². The summed E-state index contributed by atoms with van der Waals surface area (Å²) in [5.74, 6) is -0.449. The number of phosphoric ester groups is 2. The Kier molecular flexibility index (Phi) is 78.8. The van der Waals surface area contributed by atoms with Gasteiger partial charge in [-0.2, -0.15) is 0 Å². The summed E-state index contributed by atoms with van der Waals surface area (Å²) < 4.78 is 69.0. The topological polar surface area (TPSA) is 237 Å². The van der Waals surface area contributed by atoms with Gasteiger partial charge in [-0.05, 0) is 37.5 Å². The first-order valence-electron chi connectivity index (χ1n) is 46.1. The van der Waals surface area contributed by atoms with Crippen LogP contribution in [0.15, 0.2) is 0 Å². The van der Waals surface area contributed by atoms with Crippen LogP contribution in [-0.2, 0) is 65.4 Å². The maximum absolute atomic E-state index is 13.2. The SMILES string of the molecule is CCCCCCCCCCCCCCCCCCCCC(=O)OC[C@H](COP(=O)(O)OC[C@@H](O)COP(=O)(O)OC[C@@H](COC(=O)CCCCCCCCCCC(C)CC)OC(=O)CCCCCCCCCCCCCCCCCC)OC(=O)CCCCCCCCCCCCCCCCCCCCC(C)CC. The molecule has 0 aliphatic rings. The highest BCUT2D eigenvalue weighted by Crippen LogP contribution is 2.45. The number of aliphatic hydroxyl groups is 1. The number of hydrogen-bond donors (Lipinski definition) is 3. The molecule has 0 aromatic heterocycles. The molecule has 7 atom stereocenters. The molecule has 0 aromatic carbocycles. The van der Waals surface area contributed by atoms with Gasteiger partial charge in [-0.25, -0.2) is 9.13 Å². The average molecular weight is 1580 g/mol. The Morgan fingerprint density at radius 2 is 0.444 bits per heavy atom. The molecule has 3 N–H and O–H groups in total. The van der Waals surface area contributed by atoms with Gasteiger partial charge in [0.25, 0.3) is 0 Å². The molecule has 4 unspecified atom stereocenters. The van der Waals surface area contributed by atoms with Gasteiger partial charge in [-0.15, -0.1) is 0 Å². The van der Waals surface area contributed by atoms with Crippen molar-refractivity contribution in [3.63, 3.8) is 0 Å². The number of rotatable bonds is 88. The second-order valence-corrected chi connectivity index (χ2v) is 35.4. The fourth-order valence-corrected chi connectivity index (χ4v) is 15.5. The van der Waals surface area contributed by atoms with Crippen molar-refractivity contribution in [2.24, 2.45) is 11.8 Å². The lowest BCUT2D eigenvalue weighted by molar-refractivity contribution is -0.161. The smallest absolute Gasteiger partial charge is 0.462 e. The minimum atomic E-state index is -4.97. The molecule has 0 rings (SSSR count). The van der Waals surface area contributed by atoms with E-state index in [4.69, 9.17) is 37.0 Å². The van der Waals surface area contributed by atoms with E-state index in [1.807, 2.05) is 0 Å². The van der Waals surface area contributed by atoms with Gasteiger partial charge in [0.1, 0.15) is 19.3 Å². The van der Waals surface area contributed by atoms with Gasteiger partial charge in [-0.3, -0.25) is 37.3 Å². The Labute approximate surface area is 664 Å². The molecule has 19 heteroatoms. The van der Waals surface area contributed by atoms with Crippen molar-refractivity contribution in [1.82, 2.24) is 0 Å². The number of ether oxygens (including phenoxy) is 4. The van der Waals surface area contributed by atoms with Crippen molar-refractivity contribution in [1.29, 1.82) is 0 Å². The zero-order valence-electron chi connectivity index (χ0n) is 71.2. The fourth-order valence-electron chi connectivity index (χ4n) is 13.9. The first-order valence-corrected chi connectivity index (χ1v) is 49.1. The van der Waals surface area contributed by atoms with Gasteiger partial charge in [0.2, 0.25) is 0 Å². The maximum Gasteiger partial charge on any atom is 0.472 e. The van der Waals surface area contributed by atoms with E-state index in [-0.39, 0.29) is 25.7 Å². The molecule has 0 heterocycles. The van der Waals surface area contributed by atoms with Gasteiger partial charge in [0.05, 0.1) is 26.4 Å². The summed E-state index contributed by atoms with van der Waals surface area (Å²) in [6, 6.07) is 0. The van der Waals surface area contributed by atoms with E-state index in [2.05, 4.69) is 41.5 Å².